The number of benzene rings is 11. The molecule has 3 nitrogen and oxygen atoms in total. The van der Waals surface area contributed by atoms with Gasteiger partial charge in [0.1, 0.15) is 11.2 Å². The first kappa shape index (κ1) is 38.5. The topological polar surface area (TPSA) is 21.3 Å². The van der Waals surface area contributed by atoms with Gasteiger partial charge in [-0.15, -0.1) is 0 Å². The molecule has 0 aliphatic carbocycles. The predicted octanol–water partition coefficient (Wildman–Crippen LogP) is 18.0. The number of furan rings is 1. The standard InChI is InChI=1S/C64H42N2O/c1-2-11-43(12-3-1)44-21-23-45(24-22-44)46-25-33-52(34-26-46)65(54-37-29-48(30-38-54)51-32-40-63-60(42-51)59-39-31-49-13-4-5-16-56(49)64(59)67-63)53-35-27-47(28-36-53)50-14-10-15-55(41-50)66-61-19-8-6-17-57(61)58-18-7-9-20-62(58)66/h1-42H. The number of anilines is 3. The van der Waals surface area contributed by atoms with Crippen LogP contribution in [0.15, 0.2) is 259 Å². The highest BCUT2D eigenvalue weighted by molar-refractivity contribution is 6.15. The van der Waals surface area contributed by atoms with Crippen LogP contribution in [-0.4, -0.2) is 4.57 Å². The van der Waals surface area contributed by atoms with Crippen LogP contribution in [0.1, 0.15) is 0 Å². The van der Waals surface area contributed by atoms with E-state index in [-0.39, 0.29) is 0 Å². The Balaban J connectivity index is 0.858. The molecular weight excluding hydrogens is 813 g/mol. The molecule has 0 N–H and O–H groups in total. The molecule has 0 aliphatic heterocycles. The molecule has 13 rings (SSSR count). The fourth-order valence-electron chi connectivity index (χ4n) is 10.1. The van der Waals surface area contributed by atoms with Crippen molar-refractivity contribution in [3.63, 3.8) is 0 Å². The van der Waals surface area contributed by atoms with Crippen molar-refractivity contribution in [2.24, 2.45) is 0 Å². The number of fused-ring (bicyclic) bond motifs is 8. The molecule has 0 fully saturated rings. The third kappa shape index (κ3) is 6.76. The molecule has 0 unspecified atom stereocenters. The first-order valence-corrected chi connectivity index (χ1v) is 22.9. The molecule has 314 valence electrons. The van der Waals surface area contributed by atoms with E-state index in [1.165, 1.54) is 55.0 Å². The van der Waals surface area contributed by atoms with Crippen LogP contribution in [0.2, 0.25) is 0 Å². The summed E-state index contributed by atoms with van der Waals surface area (Å²) >= 11 is 0. The summed E-state index contributed by atoms with van der Waals surface area (Å²) < 4.78 is 8.83. The summed E-state index contributed by atoms with van der Waals surface area (Å²) in [5.41, 5.74) is 18.0. The van der Waals surface area contributed by atoms with Crippen molar-refractivity contribution in [2.75, 3.05) is 4.90 Å². The maximum absolute atomic E-state index is 6.45. The van der Waals surface area contributed by atoms with Gasteiger partial charge >= 0.3 is 0 Å². The second-order valence-electron chi connectivity index (χ2n) is 17.3. The minimum absolute atomic E-state index is 0.898. The first-order chi connectivity index (χ1) is 33.2. The van der Waals surface area contributed by atoms with E-state index in [0.717, 1.165) is 66.8 Å². The van der Waals surface area contributed by atoms with E-state index in [4.69, 9.17) is 4.42 Å². The Hall–Kier alpha value is -8.92. The minimum atomic E-state index is 0.898. The lowest BCUT2D eigenvalue weighted by Crippen LogP contribution is -2.09. The van der Waals surface area contributed by atoms with Crippen molar-refractivity contribution < 1.29 is 4.42 Å². The number of para-hydroxylation sites is 2. The lowest BCUT2D eigenvalue weighted by atomic mass is 9.99. The molecule has 0 saturated heterocycles. The summed E-state index contributed by atoms with van der Waals surface area (Å²) in [4.78, 5) is 2.35. The number of aromatic nitrogens is 1. The van der Waals surface area contributed by atoms with Crippen molar-refractivity contribution in [2.45, 2.75) is 0 Å². The Morgan fingerprint density at radius 2 is 0.731 bits per heavy atom. The highest BCUT2D eigenvalue weighted by Gasteiger charge is 2.17. The van der Waals surface area contributed by atoms with Crippen LogP contribution in [-0.2, 0) is 0 Å². The van der Waals surface area contributed by atoms with E-state index >= 15 is 0 Å². The van der Waals surface area contributed by atoms with Crippen LogP contribution >= 0.6 is 0 Å². The van der Waals surface area contributed by atoms with Gasteiger partial charge in [-0.05, 0) is 129 Å². The fraction of sp³-hybridized carbons (Fsp3) is 0. The van der Waals surface area contributed by atoms with E-state index in [0.29, 0.717) is 0 Å². The largest absolute Gasteiger partial charge is 0.455 e. The van der Waals surface area contributed by atoms with Gasteiger partial charge in [0.25, 0.3) is 0 Å². The zero-order valence-electron chi connectivity index (χ0n) is 36.6. The molecular formula is C64H42N2O. The van der Waals surface area contributed by atoms with Crippen LogP contribution in [0, 0.1) is 0 Å². The highest BCUT2D eigenvalue weighted by atomic mass is 16.3. The van der Waals surface area contributed by atoms with Gasteiger partial charge in [0.15, 0.2) is 0 Å². The molecule has 0 radical (unpaired) electrons. The summed E-state index contributed by atoms with van der Waals surface area (Å²) in [6.07, 6.45) is 0. The Morgan fingerprint density at radius 1 is 0.284 bits per heavy atom. The van der Waals surface area contributed by atoms with Crippen LogP contribution in [0.25, 0.3) is 105 Å². The predicted molar refractivity (Wildman–Crippen MR) is 282 cm³/mol. The normalized spacial score (nSPS) is 11.6. The van der Waals surface area contributed by atoms with Crippen molar-refractivity contribution in [1.29, 1.82) is 0 Å². The van der Waals surface area contributed by atoms with Crippen LogP contribution in [0.3, 0.4) is 0 Å². The Kier molecular flexibility index (Phi) is 9.17. The maximum Gasteiger partial charge on any atom is 0.143 e. The van der Waals surface area contributed by atoms with E-state index in [2.05, 4.69) is 264 Å². The molecule has 0 aliphatic rings. The lowest BCUT2D eigenvalue weighted by Gasteiger charge is -2.26. The molecule has 2 heterocycles. The molecule has 3 heteroatoms. The molecule has 67 heavy (non-hydrogen) atoms. The van der Waals surface area contributed by atoms with Gasteiger partial charge in [-0.3, -0.25) is 0 Å². The average molecular weight is 855 g/mol. The van der Waals surface area contributed by atoms with Gasteiger partial charge in [-0.1, -0.05) is 176 Å². The quantitative estimate of drug-likeness (QED) is 0.152. The van der Waals surface area contributed by atoms with Crippen LogP contribution in [0.4, 0.5) is 17.1 Å². The third-order valence-corrected chi connectivity index (χ3v) is 13.4. The second kappa shape index (κ2) is 16.0. The SMILES string of the molecule is c1ccc(-c2ccc(-c3ccc(N(c4ccc(-c5cccc(-n6c7ccccc7c7ccccc76)c5)cc4)c4ccc(-c5ccc6oc7c8ccccc8ccc7c6c5)cc4)cc3)cc2)cc1. The number of rotatable bonds is 8. The molecule has 13 aromatic rings. The summed E-state index contributed by atoms with van der Waals surface area (Å²) in [5, 5.41) is 7.10. The minimum Gasteiger partial charge on any atom is -0.455 e. The smallest absolute Gasteiger partial charge is 0.143 e. The molecule has 0 saturated carbocycles. The Bertz CT molecular complexity index is 3880. The summed E-state index contributed by atoms with van der Waals surface area (Å²) in [5.74, 6) is 0. The van der Waals surface area contributed by atoms with Gasteiger partial charge in [-0.2, -0.15) is 0 Å². The summed E-state index contributed by atoms with van der Waals surface area (Å²) in [6.45, 7) is 0. The van der Waals surface area contributed by atoms with Crippen molar-refractivity contribution in [1.82, 2.24) is 4.57 Å². The van der Waals surface area contributed by atoms with Crippen molar-refractivity contribution in [3.05, 3.63) is 255 Å². The van der Waals surface area contributed by atoms with Crippen molar-refractivity contribution in [3.8, 4) is 50.2 Å². The molecule has 2 aromatic heterocycles. The summed E-state index contributed by atoms with van der Waals surface area (Å²) in [6, 6.07) is 91.9. The monoisotopic (exact) mass is 854 g/mol. The maximum atomic E-state index is 6.45. The van der Waals surface area contributed by atoms with Gasteiger partial charge < -0.3 is 13.9 Å². The molecule has 0 spiro atoms. The fourth-order valence-corrected chi connectivity index (χ4v) is 10.1. The van der Waals surface area contributed by atoms with Gasteiger partial charge in [0.05, 0.1) is 11.0 Å². The van der Waals surface area contributed by atoms with E-state index < -0.39 is 0 Å². The van der Waals surface area contributed by atoms with E-state index in [9.17, 15) is 0 Å². The number of hydrogen-bond acceptors (Lipinski definition) is 2. The van der Waals surface area contributed by atoms with Crippen LogP contribution in [0.5, 0.6) is 0 Å². The Labute approximate surface area is 388 Å². The zero-order valence-corrected chi connectivity index (χ0v) is 36.6. The Morgan fingerprint density at radius 3 is 1.33 bits per heavy atom. The van der Waals surface area contributed by atoms with E-state index in [1.54, 1.807) is 0 Å². The van der Waals surface area contributed by atoms with Crippen molar-refractivity contribution >= 4 is 71.6 Å². The third-order valence-electron chi connectivity index (χ3n) is 13.4. The number of nitrogens with zero attached hydrogens (tertiary/aromatic N) is 2. The second-order valence-corrected chi connectivity index (χ2v) is 17.3. The molecule has 0 amide bonds. The molecule has 11 aromatic carbocycles. The first-order valence-electron chi connectivity index (χ1n) is 22.9. The average Bonchev–Trinajstić information content (AvgIpc) is 3.96. The van der Waals surface area contributed by atoms with Gasteiger partial charge in [0.2, 0.25) is 0 Å². The molecule has 0 bridgehead atoms. The van der Waals surface area contributed by atoms with Gasteiger partial charge in [0, 0.05) is 49.7 Å². The summed E-state index contributed by atoms with van der Waals surface area (Å²) in [7, 11) is 0. The number of hydrogen-bond donors (Lipinski definition) is 0. The highest BCUT2D eigenvalue weighted by Crippen LogP contribution is 2.41. The molecule has 0 atom stereocenters. The zero-order chi connectivity index (χ0) is 44.3. The van der Waals surface area contributed by atoms with Crippen LogP contribution < -0.4 is 4.90 Å². The van der Waals surface area contributed by atoms with E-state index in [1.807, 2.05) is 0 Å². The van der Waals surface area contributed by atoms with Gasteiger partial charge in [-0.25, -0.2) is 0 Å². The lowest BCUT2D eigenvalue weighted by molar-refractivity contribution is 0.672.